The highest BCUT2D eigenvalue weighted by Gasteiger charge is 2.08. The molecule has 0 aliphatic rings. The van der Waals surface area contributed by atoms with Crippen LogP contribution in [-0.4, -0.2) is 20.7 Å². The third kappa shape index (κ3) is 3.31. The predicted molar refractivity (Wildman–Crippen MR) is 73.7 cm³/mol. The maximum atomic E-state index is 11.6. The number of rotatable bonds is 4. The van der Waals surface area contributed by atoms with E-state index in [1.807, 2.05) is 30.3 Å². The molecule has 1 aromatic heterocycles. The van der Waals surface area contributed by atoms with Crippen molar-refractivity contribution in [2.75, 3.05) is 11.2 Å². The van der Waals surface area contributed by atoms with Crippen LogP contribution in [0.5, 0.6) is 0 Å². The Labute approximate surface area is 114 Å². The number of aromatic nitrogens is 3. The molecule has 104 valence electrons. The second-order valence-corrected chi connectivity index (χ2v) is 4.07. The Bertz CT molecular complexity index is 667. The summed E-state index contributed by atoms with van der Waals surface area (Å²) in [5, 5.41) is 4.03. The average Bonchev–Trinajstić information content (AvgIpc) is 2.41. The summed E-state index contributed by atoms with van der Waals surface area (Å²) in [6.07, 6.45) is 0. The Morgan fingerprint density at radius 1 is 1.35 bits per heavy atom. The molecule has 0 unspecified atom stereocenters. The van der Waals surface area contributed by atoms with Crippen LogP contribution in [0.2, 0.25) is 0 Å². The van der Waals surface area contributed by atoms with E-state index >= 15 is 0 Å². The lowest BCUT2D eigenvalue weighted by atomic mass is 10.2. The number of carbonyl (C=O) groups excluding carboxylic acids is 1. The van der Waals surface area contributed by atoms with Crippen LogP contribution in [0.15, 0.2) is 35.1 Å². The van der Waals surface area contributed by atoms with E-state index in [0.717, 1.165) is 5.56 Å². The maximum Gasteiger partial charge on any atom is 0.319 e. The zero-order chi connectivity index (χ0) is 14.5. The highest BCUT2D eigenvalue weighted by atomic mass is 16.2. The first-order valence-corrected chi connectivity index (χ1v) is 5.87. The predicted octanol–water partition coefficient (Wildman–Crippen LogP) is -0.268. The molecule has 2 rings (SSSR count). The molecule has 0 saturated carbocycles. The quantitative estimate of drug-likeness (QED) is 0.661. The molecule has 2 aromatic rings. The summed E-state index contributed by atoms with van der Waals surface area (Å²) in [6, 6.07) is 9.48. The number of nitrogens with zero attached hydrogens (tertiary/aromatic N) is 3. The van der Waals surface area contributed by atoms with Crippen LogP contribution in [0.25, 0.3) is 0 Å². The van der Waals surface area contributed by atoms with Gasteiger partial charge in [-0.3, -0.25) is 20.4 Å². The van der Waals surface area contributed by atoms with Gasteiger partial charge >= 0.3 is 5.56 Å². The second kappa shape index (κ2) is 5.83. The van der Waals surface area contributed by atoms with Gasteiger partial charge in [-0.2, -0.15) is 4.98 Å². The number of carbonyl (C=O) groups is 1. The fraction of sp³-hybridized carbons (Fsp3) is 0.167. The summed E-state index contributed by atoms with van der Waals surface area (Å²) in [7, 11) is 0. The topological polar surface area (TPSA) is 115 Å². The van der Waals surface area contributed by atoms with Gasteiger partial charge in [-0.25, -0.2) is 4.68 Å². The lowest BCUT2D eigenvalue weighted by Crippen LogP contribution is -2.33. The molecule has 0 saturated heterocycles. The summed E-state index contributed by atoms with van der Waals surface area (Å²) in [5.74, 6) is -0.435. The highest BCUT2D eigenvalue weighted by molar-refractivity contribution is 5.74. The SMILES string of the molecule is CC(=O)NNc1nn(Cc2ccccc2)c(N)nc1=O. The molecule has 0 aliphatic heterocycles. The summed E-state index contributed by atoms with van der Waals surface area (Å²) >= 11 is 0. The van der Waals surface area contributed by atoms with Crippen LogP contribution in [0.1, 0.15) is 12.5 Å². The van der Waals surface area contributed by atoms with Crippen LogP contribution in [-0.2, 0) is 11.3 Å². The van der Waals surface area contributed by atoms with Gasteiger partial charge in [0.2, 0.25) is 17.7 Å². The van der Waals surface area contributed by atoms with Crippen molar-refractivity contribution in [1.82, 2.24) is 20.2 Å². The van der Waals surface area contributed by atoms with E-state index in [1.54, 1.807) is 0 Å². The fourth-order valence-electron chi connectivity index (χ4n) is 1.53. The Morgan fingerprint density at radius 2 is 2.05 bits per heavy atom. The van der Waals surface area contributed by atoms with Gasteiger partial charge in [0.25, 0.3) is 0 Å². The van der Waals surface area contributed by atoms with Gasteiger partial charge in [-0.1, -0.05) is 30.3 Å². The number of nitrogens with one attached hydrogen (secondary N) is 2. The Kier molecular flexibility index (Phi) is 3.94. The van der Waals surface area contributed by atoms with Gasteiger partial charge in [0, 0.05) is 6.92 Å². The van der Waals surface area contributed by atoms with E-state index in [9.17, 15) is 9.59 Å². The van der Waals surface area contributed by atoms with Crippen LogP contribution in [0, 0.1) is 0 Å². The average molecular weight is 274 g/mol. The number of amides is 1. The Balaban J connectivity index is 2.26. The van der Waals surface area contributed by atoms with Gasteiger partial charge in [0.15, 0.2) is 0 Å². The van der Waals surface area contributed by atoms with Gasteiger partial charge in [0.05, 0.1) is 6.54 Å². The van der Waals surface area contributed by atoms with Crippen molar-refractivity contribution >= 4 is 17.7 Å². The molecule has 8 nitrogen and oxygen atoms in total. The molecule has 0 atom stereocenters. The Hall–Kier alpha value is -2.90. The van der Waals surface area contributed by atoms with E-state index in [0.29, 0.717) is 6.54 Å². The zero-order valence-corrected chi connectivity index (χ0v) is 10.8. The lowest BCUT2D eigenvalue weighted by Gasteiger charge is -2.10. The molecule has 1 amide bonds. The summed E-state index contributed by atoms with van der Waals surface area (Å²) in [4.78, 5) is 26.0. The molecule has 0 fully saturated rings. The molecule has 1 heterocycles. The molecule has 4 N–H and O–H groups in total. The largest absolute Gasteiger partial charge is 0.368 e. The summed E-state index contributed by atoms with van der Waals surface area (Å²) in [5.41, 5.74) is 10.7. The van der Waals surface area contributed by atoms with Crippen molar-refractivity contribution < 1.29 is 4.79 Å². The molecular formula is C12H14N6O2. The molecule has 0 bridgehead atoms. The molecular weight excluding hydrogens is 260 g/mol. The third-order valence-electron chi connectivity index (χ3n) is 2.44. The third-order valence-corrected chi connectivity index (χ3v) is 2.44. The van der Waals surface area contributed by atoms with Gasteiger partial charge < -0.3 is 5.73 Å². The maximum absolute atomic E-state index is 11.6. The first kappa shape index (κ1) is 13.5. The van der Waals surface area contributed by atoms with Crippen molar-refractivity contribution in [2.45, 2.75) is 13.5 Å². The minimum absolute atomic E-state index is 0.00669. The smallest absolute Gasteiger partial charge is 0.319 e. The number of benzene rings is 1. The first-order valence-electron chi connectivity index (χ1n) is 5.87. The standard InChI is InChI=1S/C12H14N6O2/c1-8(19)15-16-10-11(20)14-12(13)18(17-10)7-9-5-3-2-4-6-9/h2-6H,7H2,1H3,(H,15,19)(H,16,17)(H2,13,14,20). The monoisotopic (exact) mass is 274 g/mol. The van der Waals surface area contributed by atoms with Gasteiger partial charge in [-0.15, -0.1) is 5.10 Å². The summed E-state index contributed by atoms with van der Waals surface area (Å²) < 4.78 is 1.38. The van der Waals surface area contributed by atoms with Crippen LogP contribution in [0.4, 0.5) is 11.8 Å². The fourth-order valence-corrected chi connectivity index (χ4v) is 1.53. The first-order chi connectivity index (χ1) is 9.56. The number of hydrogen-bond acceptors (Lipinski definition) is 6. The Morgan fingerprint density at radius 3 is 2.70 bits per heavy atom. The van der Waals surface area contributed by atoms with Crippen molar-refractivity contribution in [3.8, 4) is 0 Å². The van der Waals surface area contributed by atoms with Crippen molar-refractivity contribution in [2.24, 2.45) is 0 Å². The normalized spacial score (nSPS) is 10.1. The number of hydrogen-bond donors (Lipinski definition) is 3. The van der Waals surface area contributed by atoms with Crippen molar-refractivity contribution in [3.63, 3.8) is 0 Å². The molecule has 0 aliphatic carbocycles. The lowest BCUT2D eigenvalue weighted by molar-refractivity contribution is -0.118. The summed E-state index contributed by atoms with van der Waals surface area (Å²) in [6.45, 7) is 1.68. The van der Waals surface area contributed by atoms with Crippen molar-refractivity contribution in [3.05, 3.63) is 46.2 Å². The van der Waals surface area contributed by atoms with Gasteiger partial charge in [-0.05, 0) is 5.56 Å². The number of nitrogen functional groups attached to an aromatic ring is 1. The minimum Gasteiger partial charge on any atom is -0.368 e. The zero-order valence-electron chi connectivity index (χ0n) is 10.8. The number of anilines is 2. The van der Waals surface area contributed by atoms with E-state index in [4.69, 9.17) is 5.73 Å². The van der Waals surface area contributed by atoms with Crippen LogP contribution >= 0.6 is 0 Å². The molecule has 0 spiro atoms. The van der Waals surface area contributed by atoms with Crippen LogP contribution in [0.3, 0.4) is 0 Å². The molecule has 1 aromatic carbocycles. The molecule has 8 heteroatoms. The van der Waals surface area contributed by atoms with Crippen LogP contribution < -0.4 is 22.1 Å². The molecule has 0 radical (unpaired) electrons. The number of hydrazine groups is 1. The highest BCUT2D eigenvalue weighted by Crippen LogP contribution is 2.04. The van der Waals surface area contributed by atoms with E-state index < -0.39 is 5.56 Å². The second-order valence-electron chi connectivity index (χ2n) is 4.07. The minimum atomic E-state index is -0.638. The van der Waals surface area contributed by atoms with Gasteiger partial charge in [0.1, 0.15) is 0 Å². The number of nitrogens with two attached hydrogens (primary N) is 1. The van der Waals surface area contributed by atoms with Crippen molar-refractivity contribution in [1.29, 1.82) is 0 Å². The molecule has 20 heavy (non-hydrogen) atoms. The van der Waals surface area contributed by atoms with E-state index in [1.165, 1.54) is 11.6 Å². The van der Waals surface area contributed by atoms with E-state index in [2.05, 4.69) is 20.9 Å². The van der Waals surface area contributed by atoms with E-state index in [-0.39, 0.29) is 17.7 Å².